The summed E-state index contributed by atoms with van der Waals surface area (Å²) in [7, 11) is 3.57. The van der Waals surface area contributed by atoms with E-state index in [9.17, 15) is 14.0 Å². The monoisotopic (exact) mass is 395 g/mol. The van der Waals surface area contributed by atoms with Crippen LogP contribution in [0.2, 0.25) is 0 Å². The Balaban J connectivity index is 1.48. The first-order valence-electron chi connectivity index (χ1n) is 10.0. The number of nitrogens with zero attached hydrogens (tertiary/aromatic N) is 3. The van der Waals surface area contributed by atoms with Gasteiger partial charge in [0, 0.05) is 57.8 Å². The third-order valence-corrected chi connectivity index (χ3v) is 6.03. The van der Waals surface area contributed by atoms with Gasteiger partial charge in [-0.1, -0.05) is 24.3 Å². The molecular weight excluding hydrogens is 369 g/mol. The van der Waals surface area contributed by atoms with Crippen molar-refractivity contribution in [3.05, 3.63) is 71.0 Å². The standard InChI is InChI=1S/C23H26FN3O2/c1-25(2)22(28)13-21-20-6-4-3-5-16(20)11-12-27(21)19-14-26(15-19)23(29)17-7-9-18(24)10-8-17/h3-10,19,21H,11-15H2,1-2H3. The van der Waals surface area contributed by atoms with E-state index in [2.05, 4.69) is 17.0 Å². The largest absolute Gasteiger partial charge is 0.349 e. The first-order valence-corrected chi connectivity index (χ1v) is 10.0. The van der Waals surface area contributed by atoms with E-state index < -0.39 is 0 Å². The Hall–Kier alpha value is -2.73. The van der Waals surface area contributed by atoms with Crippen molar-refractivity contribution >= 4 is 11.8 Å². The SMILES string of the molecule is CN(C)C(=O)CC1c2ccccc2CCN1C1CN(C(=O)c2ccc(F)cc2)C1. The Morgan fingerprint density at radius 2 is 1.76 bits per heavy atom. The number of halogens is 1. The summed E-state index contributed by atoms with van der Waals surface area (Å²) in [6.45, 7) is 2.14. The van der Waals surface area contributed by atoms with Gasteiger partial charge in [0.1, 0.15) is 5.82 Å². The molecule has 2 aliphatic rings. The van der Waals surface area contributed by atoms with E-state index in [1.54, 1.807) is 23.9 Å². The van der Waals surface area contributed by atoms with E-state index in [4.69, 9.17) is 0 Å². The van der Waals surface area contributed by atoms with Crippen molar-refractivity contribution in [2.45, 2.75) is 24.9 Å². The second-order valence-electron chi connectivity index (χ2n) is 8.07. The van der Waals surface area contributed by atoms with E-state index in [1.807, 2.05) is 12.1 Å². The molecule has 1 atom stereocenters. The number of rotatable bonds is 4. The number of likely N-dealkylation sites (tertiary alicyclic amines) is 1. The van der Waals surface area contributed by atoms with Crippen LogP contribution in [-0.2, 0) is 11.2 Å². The molecule has 2 amide bonds. The lowest BCUT2D eigenvalue weighted by Crippen LogP contribution is -2.62. The van der Waals surface area contributed by atoms with Gasteiger partial charge in [0.2, 0.25) is 5.91 Å². The molecule has 2 heterocycles. The molecule has 1 fully saturated rings. The van der Waals surface area contributed by atoms with Crippen LogP contribution in [0.1, 0.15) is 33.9 Å². The second kappa shape index (κ2) is 7.95. The number of hydrogen-bond acceptors (Lipinski definition) is 3. The maximum Gasteiger partial charge on any atom is 0.253 e. The summed E-state index contributed by atoms with van der Waals surface area (Å²) in [5.41, 5.74) is 3.03. The first kappa shape index (κ1) is 19.6. The fourth-order valence-electron chi connectivity index (χ4n) is 4.29. The van der Waals surface area contributed by atoms with Gasteiger partial charge in [-0.15, -0.1) is 0 Å². The summed E-state index contributed by atoms with van der Waals surface area (Å²) in [5, 5.41) is 0. The van der Waals surface area contributed by atoms with Gasteiger partial charge >= 0.3 is 0 Å². The van der Waals surface area contributed by atoms with Crippen LogP contribution in [0.3, 0.4) is 0 Å². The van der Waals surface area contributed by atoms with Crippen molar-refractivity contribution in [2.24, 2.45) is 0 Å². The molecule has 5 nitrogen and oxygen atoms in total. The molecule has 4 rings (SSSR count). The van der Waals surface area contributed by atoms with Gasteiger partial charge in [0.15, 0.2) is 0 Å². The minimum atomic E-state index is -0.344. The highest BCUT2D eigenvalue weighted by molar-refractivity contribution is 5.94. The van der Waals surface area contributed by atoms with Crippen LogP contribution in [0.15, 0.2) is 48.5 Å². The van der Waals surface area contributed by atoms with Crippen LogP contribution >= 0.6 is 0 Å². The summed E-state index contributed by atoms with van der Waals surface area (Å²) in [5.74, 6) is -0.307. The molecule has 2 aromatic carbocycles. The van der Waals surface area contributed by atoms with Gasteiger partial charge < -0.3 is 9.80 Å². The van der Waals surface area contributed by atoms with Crippen molar-refractivity contribution in [1.82, 2.24) is 14.7 Å². The number of benzene rings is 2. The molecule has 0 aliphatic carbocycles. The molecule has 0 spiro atoms. The number of carbonyl (C=O) groups is 2. The Morgan fingerprint density at radius 1 is 1.07 bits per heavy atom. The zero-order valence-corrected chi connectivity index (χ0v) is 16.8. The lowest BCUT2D eigenvalue weighted by Gasteiger charge is -2.50. The fourth-order valence-corrected chi connectivity index (χ4v) is 4.29. The topological polar surface area (TPSA) is 43.9 Å². The highest BCUT2D eigenvalue weighted by atomic mass is 19.1. The molecule has 1 unspecified atom stereocenters. The molecule has 0 aromatic heterocycles. The second-order valence-corrected chi connectivity index (χ2v) is 8.07. The number of fused-ring (bicyclic) bond motifs is 1. The average Bonchev–Trinajstić information content (AvgIpc) is 2.68. The van der Waals surface area contributed by atoms with Gasteiger partial charge in [-0.25, -0.2) is 4.39 Å². The minimum absolute atomic E-state index is 0.0305. The lowest BCUT2D eigenvalue weighted by atomic mass is 9.88. The molecule has 29 heavy (non-hydrogen) atoms. The van der Waals surface area contributed by atoms with Gasteiger partial charge in [-0.3, -0.25) is 14.5 Å². The predicted molar refractivity (Wildman–Crippen MR) is 109 cm³/mol. The van der Waals surface area contributed by atoms with Crippen LogP contribution in [0.25, 0.3) is 0 Å². The predicted octanol–water partition coefficient (Wildman–Crippen LogP) is 2.73. The van der Waals surface area contributed by atoms with Crippen molar-refractivity contribution in [3.63, 3.8) is 0 Å². The van der Waals surface area contributed by atoms with Crippen LogP contribution in [0.5, 0.6) is 0 Å². The molecule has 0 saturated carbocycles. The summed E-state index contributed by atoms with van der Waals surface area (Å²) >= 11 is 0. The molecule has 6 heteroatoms. The molecule has 1 saturated heterocycles. The van der Waals surface area contributed by atoms with Crippen molar-refractivity contribution in [3.8, 4) is 0 Å². The van der Waals surface area contributed by atoms with Crippen LogP contribution in [0, 0.1) is 5.82 Å². The molecule has 152 valence electrons. The smallest absolute Gasteiger partial charge is 0.253 e. The zero-order chi connectivity index (χ0) is 20.5. The van der Waals surface area contributed by atoms with E-state index in [0.29, 0.717) is 25.1 Å². The Bertz CT molecular complexity index is 907. The van der Waals surface area contributed by atoms with Gasteiger partial charge in [-0.05, 0) is 41.8 Å². The Kier molecular flexibility index (Phi) is 5.37. The summed E-state index contributed by atoms with van der Waals surface area (Å²) in [4.78, 5) is 30.9. The summed E-state index contributed by atoms with van der Waals surface area (Å²) < 4.78 is 13.1. The van der Waals surface area contributed by atoms with Gasteiger partial charge in [0.25, 0.3) is 5.91 Å². The third-order valence-electron chi connectivity index (χ3n) is 6.03. The average molecular weight is 395 g/mol. The Morgan fingerprint density at radius 3 is 2.45 bits per heavy atom. The highest BCUT2D eigenvalue weighted by Crippen LogP contribution is 2.36. The number of hydrogen-bond donors (Lipinski definition) is 0. The molecule has 2 aromatic rings. The van der Waals surface area contributed by atoms with Gasteiger partial charge in [-0.2, -0.15) is 0 Å². The van der Waals surface area contributed by atoms with Crippen LogP contribution < -0.4 is 0 Å². The highest BCUT2D eigenvalue weighted by Gasteiger charge is 2.41. The van der Waals surface area contributed by atoms with Crippen LogP contribution in [0.4, 0.5) is 4.39 Å². The van der Waals surface area contributed by atoms with Crippen LogP contribution in [-0.4, -0.2) is 66.3 Å². The molecule has 0 radical (unpaired) electrons. The Labute approximate surface area is 170 Å². The quantitative estimate of drug-likeness (QED) is 0.800. The summed E-state index contributed by atoms with van der Waals surface area (Å²) in [6, 6.07) is 14.3. The number of carbonyl (C=O) groups excluding carboxylic acids is 2. The van der Waals surface area contributed by atoms with E-state index in [1.165, 1.54) is 35.4 Å². The summed E-state index contributed by atoms with van der Waals surface area (Å²) in [6.07, 6.45) is 1.39. The molecule has 0 bridgehead atoms. The van der Waals surface area contributed by atoms with Crippen molar-refractivity contribution < 1.29 is 14.0 Å². The fraction of sp³-hybridized carbons (Fsp3) is 0.391. The minimum Gasteiger partial charge on any atom is -0.349 e. The lowest BCUT2D eigenvalue weighted by molar-refractivity contribution is -0.130. The normalized spacial score (nSPS) is 19.4. The zero-order valence-electron chi connectivity index (χ0n) is 16.8. The van der Waals surface area contributed by atoms with E-state index in [0.717, 1.165) is 13.0 Å². The maximum absolute atomic E-state index is 13.1. The van der Waals surface area contributed by atoms with Crippen molar-refractivity contribution in [2.75, 3.05) is 33.7 Å². The first-order chi connectivity index (χ1) is 13.9. The van der Waals surface area contributed by atoms with Crippen molar-refractivity contribution in [1.29, 1.82) is 0 Å². The van der Waals surface area contributed by atoms with E-state index in [-0.39, 0.29) is 29.7 Å². The number of amides is 2. The maximum atomic E-state index is 13.1. The van der Waals surface area contributed by atoms with E-state index >= 15 is 0 Å². The van der Waals surface area contributed by atoms with Gasteiger partial charge in [0.05, 0.1) is 0 Å². The third kappa shape index (κ3) is 3.90. The molecular formula is C23H26FN3O2. The molecule has 2 aliphatic heterocycles. The molecule has 0 N–H and O–H groups in total.